The highest BCUT2D eigenvalue weighted by atomic mass is 35.5. The van der Waals surface area contributed by atoms with Gasteiger partial charge in [-0.25, -0.2) is 4.98 Å². The molecule has 0 amide bonds. The lowest BCUT2D eigenvalue weighted by molar-refractivity contribution is 0.681. The molecule has 4 heteroatoms. The molecule has 0 aliphatic rings. The third-order valence-corrected chi connectivity index (χ3v) is 2.65. The molecule has 0 saturated heterocycles. The Morgan fingerprint density at radius 3 is 2.82 bits per heavy atom. The van der Waals surface area contributed by atoms with E-state index in [1.165, 1.54) is 6.20 Å². The second kappa shape index (κ2) is 3.83. The summed E-state index contributed by atoms with van der Waals surface area (Å²) in [4.78, 5) is 3.92. The van der Waals surface area contributed by atoms with E-state index in [0.717, 1.165) is 0 Å². The van der Waals surface area contributed by atoms with Crippen molar-refractivity contribution in [2.75, 3.05) is 5.75 Å². The molecular weight excluding hydrogens is 182 g/mol. The minimum atomic E-state index is -0.968. The van der Waals surface area contributed by atoms with Crippen molar-refractivity contribution >= 4 is 22.4 Å². The van der Waals surface area contributed by atoms with Crippen LogP contribution in [0.3, 0.4) is 0 Å². The van der Waals surface area contributed by atoms with E-state index >= 15 is 0 Å². The molecular formula is C7H8ClNOS. The number of aromatic nitrogens is 1. The summed E-state index contributed by atoms with van der Waals surface area (Å²) in [5, 5.41) is 1.17. The Morgan fingerprint density at radius 2 is 2.36 bits per heavy atom. The largest absolute Gasteiger partial charge is 0.253 e. The van der Waals surface area contributed by atoms with E-state index in [2.05, 4.69) is 4.98 Å². The first-order valence-electron chi connectivity index (χ1n) is 3.24. The molecule has 1 rings (SSSR count). The molecule has 11 heavy (non-hydrogen) atoms. The number of nitrogens with zero attached hydrogens (tertiary/aromatic N) is 1. The van der Waals surface area contributed by atoms with E-state index in [1.807, 2.05) is 6.92 Å². The van der Waals surface area contributed by atoms with Crippen molar-refractivity contribution in [3.8, 4) is 0 Å². The topological polar surface area (TPSA) is 30.0 Å². The first kappa shape index (κ1) is 8.68. The number of hydrogen-bond acceptors (Lipinski definition) is 2. The van der Waals surface area contributed by atoms with Gasteiger partial charge in [-0.3, -0.25) is 4.21 Å². The smallest absolute Gasteiger partial charge is 0.127 e. The predicted octanol–water partition coefficient (Wildman–Crippen LogP) is 1.86. The predicted molar refractivity (Wildman–Crippen MR) is 46.2 cm³/mol. The lowest BCUT2D eigenvalue weighted by Gasteiger charge is -1.95. The van der Waals surface area contributed by atoms with Crippen LogP contribution in [-0.2, 0) is 10.8 Å². The van der Waals surface area contributed by atoms with Crippen molar-refractivity contribution in [2.45, 2.75) is 11.9 Å². The number of hydrogen-bond donors (Lipinski definition) is 0. The Labute approximate surface area is 73.1 Å². The molecule has 0 radical (unpaired) electrons. The van der Waals surface area contributed by atoms with Crippen LogP contribution in [0.25, 0.3) is 0 Å². The second-order valence-corrected chi connectivity index (χ2v) is 4.07. The zero-order valence-corrected chi connectivity index (χ0v) is 7.65. The van der Waals surface area contributed by atoms with Crippen molar-refractivity contribution < 1.29 is 4.21 Å². The van der Waals surface area contributed by atoms with E-state index in [4.69, 9.17) is 11.6 Å². The first-order valence-corrected chi connectivity index (χ1v) is 4.93. The zero-order chi connectivity index (χ0) is 8.27. The van der Waals surface area contributed by atoms with E-state index in [1.54, 1.807) is 12.1 Å². The van der Waals surface area contributed by atoms with E-state index in [9.17, 15) is 4.21 Å². The van der Waals surface area contributed by atoms with Gasteiger partial charge in [-0.2, -0.15) is 0 Å². The van der Waals surface area contributed by atoms with Gasteiger partial charge in [0.1, 0.15) is 5.03 Å². The van der Waals surface area contributed by atoms with Crippen LogP contribution in [-0.4, -0.2) is 14.9 Å². The van der Waals surface area contributed by atoms with Crippen molar-refractivity contribution in [3.05, 3.63) is 23.4 Å². The van der Waals surface area contributed by atoms with Gasteiger partial charge in [0.25, 0.3) is 0 Å². The van der Waals surface area contributed by atoms with Gasteiger partial charge in [-0.05, 0) is 12.1 Å². The van der Waals surface area contributed by atoms with Gasteiger partial charge >= 0.3 is 0 Å². The van der Waals surface area contributed by atoms with Crippen LogP contribution in [0.1, 0.15) is 6.92 Å². The van der Waals surface area contributed by atoms with Crippen LogP contribution in [0.2, 0.25) is 5.02 Å². The maximum Gasteiger partial charge on any atom is 0.127 e. The van der Waals surface area contributed by atoms with E-state index < -0.39 is 10.8 Å². The molecule has 1 aromatic heterocycles. The molecule has 2 nitrogen and oxygen atoms in total. The molecule has 0 N–H and O–H groups in total. The zero-order valence-electron chi connectivity index (χ0n) is 6.08. The lowest BCUT2D eigenvalue weighted by atomic mass is 10.5. The van der Waals surface area contributed by atoms with Crippen molar-refractivity contribution in [1.82, 2.24) is 4.98 Å². The van der Waals surface area contributed by atoms with Gasteiger partial charge in [0.05, 0.1) is 15.8 Å². The molecule has 1 heterocycles. The standard InChI is InChI=1S/C7H8ClNOS/c1-2-11(10)7-4-3-6(8)5-9-7/h3-5H,2H2,1H3. The van der Waals surface area contributed by atoms with Crippen LogP contribution in [0, 0.1) is 0 Å². The van der Waals surface area contributed by atoms with Crippen molar-refractivity contribution in [1.29, 1.82) is 0 Å². The van der Waals surface area contributed by atoms with E-state index in [-0.39, 0.29) is 0 Å². The fourth-order valence-electron chi connectivity index (χ4n) is 0.645. The summed E-state index contributed by atoms with van der Waals surface area (Å²) < 4.78 is 11.1. The maximum atomic E-state index is 11.1. The van der Waals surface area contributed by atoms with E-state index in [0.29, 0.717) is 15.8 Å². The molecule has 0 saturated carbocycles. The highest BCUT2D eigenvalue weighted by Crippen LogP contribution is 2.08. The average Bonchev–Trinajstić information content (AvgIpc) is 2.05. The van der Waals surface area contributed by atoms with Gasteiger partial charge in [0.2, 0.25) is 0 Å². The molecule has 0 aliphatic heterocycles. The fourth-order valence-corrected chi connectivity index (χ4v) is 1.44. The minimum Gasteiger partial charge on any atom is -0.253 e. The average molecular weight is 190 g/mol. The number of rotatable bonds is 2. The quantitative estimate of drug-likeness (QED) is 0.711. The number of pyridine rings is 1. The Bertz CT molecular complexity index is 260. The monoisotopic (exact) mass is 189 g/mol. The summed E-state index contributed by atoms with van der Waals surface area (Å²) in [6.07, 6.45) is 1.50. The molecule has 1 atom stereocenters. The third-order valence-electron chi connectivity index (χ3n) is 1.20. The fraction of sp³-hybridized carbons (Fsp3) is 0.286. The third kappa shape index (κ3) is 2.27. The van der Waals surface area contributed by atoms with Gasteiger partial charge in [0, 0.05) is 11.9 Å². The van der Waals surface area contributed by atoms with Crippen LogP contribution in [0.15, 0.2) is 23.4 Å². The Kier molecular flexibility index (Phi) is 3.02. The molecule has 0 aromatic carbocycles. The van der Waals surface area contributed by atoms with Gasteiger partial charge in [-0.1, -0.05) is 18.5 Å². The van der Waals surface area contributed by atoms with Gasteiger partial charge < -0.3 is 0 Å². The lowest BCUT2D eigenvalue weighted by Crippen LogP contribution is -1.95. The van der Waals surface area contributed by atoms with Crippen molar-refractivity contribution in [2.24, 2.45) is 0 Å². The molecule has 60 valence electrons. The van der Waals surface area contributed by atoms with Crippen LogP contribution >= 0.6 is 11.6 Å². The SMILES string of the molecule is CCS(=O)c1ccc(Cl)cn1. The highest BCUT2D eigenvalue weighted by Gasteiger charge is 2.00. The molecule has 0 spiro atoms. The van der Waals surface area contributed by atoms with Gasteiger partial charge in [-0.15, -0.1) is 0 Å². The first-order chi connectivity index (χ1) is 5.24. The molecule has 1 aromatic rings. The summed E-state index contributed by atoms with van der Waals surface area (Å²) in [7, 11) is -0.968. The summed E-state index contributed by atoms with van der Waals surface area (Å²) in [5.41, 5.74) is 0. The van der Waals surface area contributed by atoms with Crippen LogP contribution in [0.4, 0.5) is 0 Å². The Hall–Kier alpha value is -0.410. The second-order valence-electron chi connectivity index (χ2n) is 1.95. The van der Waals surface area contributed by atoms with Crippen LogP contribution < -0.4 is 0 Å². The Balaban J connectivity index is 2.90. The maximum absolute atomic E-state index is 11.1. The number of halogens is 1. The van der Waals surface area contributed by atoms with Crippen LogP contribution in [0.5, 0.6) is 0 Å². The molecule has 1 unspecified atom stereocenters. The summed E-state index contributed by atoms with van der Waals surface area (Å²) >= 11 is 5.60. The highest BCUT2D eigenvalue weighted by molar-refractivity contribution is 7.84. The van der Waals surface area contributed by atoms with Crippen molar-refractivity contribution in [3.63, 3.8) is 0 Å². The molecule has 0 aliphatic carbocycles. The summed E-state index contributed by atoms with van der Waals surface area (Å²) in [5.74, 6) is 0.592. The summed E-state index contributed by atoms with van der Waals surface area (Å²) in [6, 6.07) is 3.37. The summed E-state index contributed by atoms with van der Waals surface area (Å²) in [6.45, 7) is 1.85. The van der Waals surface area contributed by atoms with Gasteiger partial charge in [0.15, 0.2) is 0 Å². The Morgan fingerprint density at radius 1 is 1.64 bits per heavy atom. The minimum absolute atomic E-state index is 0.571. The molecule has 0 bridgehead atoms. The molecule has 0 fully saturated rings. The normalized spacial score (nSPS) is 12.9.